The number of benzene rings is 1. The summed E-state index contributed by atoms with van der Waals surface area (Å²) in [6.07, 6.45) is 2.76. The third kappa shape index (κ3) is 3.64. The zero-order chi connectivity index (χ0) is 17.7. The van der Waals surface area contributed by atoms with E-state index in [-0.39, 0.29) is 6.42 Å². The molecule has 0 saturated heterocycles. The van der Waals surface area contributed by atoms with Gasteiger partial charge < -0.3 is 9.84 Å². The van der Waals surface area contributed by atoms with E-state index in [1.165, 1.54) is 12.4 Å². The van der Waals surface area contributed by atoms with Crippen LogP contribution in [-0.4, -0.2) is 38.1 Å². The fourth-order valence-electron chi connectivity index (χ4n) is 2.18. The largest absolute Gasteiger partial charge is 0.479 e. The highest BCUT2D eigenvalue weighted by molar-refractivity contribution is 9.10. The van der Waals surface area contributed by atoms with Crippen LogP contribution in [0.15, 0.2) is 41.1 Å². The summed E-state index contributed by atoms with van der Waals surface area (Å²) in [6, 6.07) is 7.05. The van der Waals surface area contributed by atoms with Crippen LogP contribution < -0.4 is 0 Å². The van der Waals surface area contributed by atoms with E-state index in [1.54, 1.807) is 31.2 Å². The van der Waals surface area contributed by atoms with Gasteiger partial charge in [0.25, 0.3) is 5.54 Å². The average Bonchev–Trinajstić information content (AvgIpc) is 3.08. The summed E-state index contributed by atoms with van der Waals surface area (Å²) in [5.74, 6) is -2.21. The number of nitrogens with zero attached hydrogens (tertiary/aromatic N) is 3. The van der Waals surface area contributed by atoms with Crippen LogP contribution in [0.3, 0.4) is 0 Å². The Bertz CT molecular complexity index is 703. The Labute approximate surface area is 147 Å². The van der Waals surface area contributed by atoms with Crippen LogP contribution in [0.25, 0.3) is 0 Å². The highest BCUT2D eigenvalue weighted by Gasteiger charge is 2.51. The number of carbonyl (C=O) groups excluding carboxylic acids is 1. The predicted octanol–water partition coefficient (Wildman–Crippen LogP) is 2.40. The van der Waals surface area contributed by atoms with Crippen molar-refractivity contribution in [3.8, 4) is 0 Å². The Kier molecular flexibility index (Phi) is 5.71. The van der Waals surface area contributed by atoms with E-state index in [9.17, 15) is 14.7 Å². The Morgan fingerprint density at radius 2 is 2.04 bits per heavy atom. The van der Waals surface area contributed by atoms with Gasteiger partial charge in [0.2, 0.25) is 0 Å². The van der Waals surface area contributed by atoms with Crippen molar-refractivity contribution < 1.29 is 19.4 Å². The molecule has 8 heteroatoms. The second-order valence-corrected chi connectivity index (χ2v) is 6.36. The van der Waals surface area contributed by atoms with E-state index in [0.717, 1.165) is 9.15 Å². The molecule has 2 unspecified atom stereocenters. The quantitative estimate of drug-likeness (QED) is 0.571. The van der Waals surface area contributed by atoms with E-state index >= 15 is 0 Å². The van der Waals surface area contributed by atoms with Crippen LogP contribution in [0, 0.1) is 0 Å². The molecule has 0 radical (unpaired) electrons. The molecular weight excluding hydrogens is 378 g/mol. The maximum absolute atomic E-state index is 12.7. The highest BCUT2D eigenvalue weighted by atomic mass is 79.9. The number of ether oxygens (including phenoxy) is 1. The SMILES string of the molecule is CCC(C)OC(=O)C(Cc1ccc(Br)cc1)(C(=O)O)n1ccnn1. The first-order valence-electron chi connectivity index (χ1n) is 7.46. The molecule has 1 N–H and O–H groups in total. The lowest BCUT2D eigenvalue weighted by atomic mass is 9.90. The van der Waals surface area contributed by atoms with Crippen molar-refractivity contribution in [1.29, 1.82) is 0 Å². The first-order chi connectivity index (χ1) is 11.4. The number of carboxylic acid groups (broad SMARTS) is 1. The van der Waals surface area contributed by atoms with E-state index in [4.69, 9.17) is 4.74 Å². The van der Waals surface area contributed by atoms with Crippen molar-refractivity contribution in [2.45, 2.75) is 38.3 Å². The fourth-order valence-corrected chi connectivity index (χ4v) is 2.44. The Balaban J connectivity index is 2.48. The van der Waals surface area contributed by atoms with Gasteiger partial charge in [-0.15, -0.1) is 5.10 Å². The van der Waals surface area contributed by atoms with Gasteiger partial charge in [-0.3, -0.25) is 0 Å². The zero-order valence-corrected chi connectivity index (χ0v) is 14.9. The number of halogens is 1. The lowest BCUT2D eigenvalue weighted by Gasteiger charge is -2.28. The number of rotatable bonds is 7. The smallest absolute Gasteiger partial charge is 0.346 e. The molecule has 0 fully saturated rings. The Morgan fingerprint density at radius 1 is 1.38 bits per heavy atom. The van der Waals surface area contributed by atoms with Gasteiger partial charge in [-0.05, 0) is 31.0 Å². The van der Waals surface area contributed by atoms with Gasteiger partial charge in [-0.1, -0.05) is 40.2 Å². The minimum absolute atomic E-state index is 0.103. The molecule has 1 aromatic heterocycles. The zero-order valence-electron chi connectivity index (χ0n) is 13.3. The van der Waals surface area contributed by atoms with Crippen molar-refractivity contribution in [2.24, 2.45) is 0 Å². The van der Waals surface area contributed by atoms with Gasteiger partial charge in [0, 0.05) is 17.1 Å². The molecule has 0 amide bonds. The molecule has 1 heterocycles. The standard InChI is InChI=1S/C16H18BrN3O4/c1-3-11(2)24-15(23)16(14(21)22,20-9-8-18-19-20)10-12-4-6-13(17)7-5-12/h4-9,11H,3,10H2,1-2H3,(H,21,22). The van der Waals surface area contributed by atoms with Crippen LogP contribution >= 0.6 is 15.9 Å². The molecule has 2 aromatic rings. The third-order valence-corrected chi connectivity index (χ3v) is 4.29. The molecule has 0 aliphatic heterocycles. The van der Waals surface area contributed by atoms with Gasteiger partial charge in [-0.25, -0.2) is 14.3 Å². The number of hydrogen-bond acceptors (Lipinski definition) is 5. The van der Waals surface area contributed by atoms with Gasteiger partial charge in [-0.2, -0.15) is 0 Å². The summed E-state index contributed by atoms with van der Waals surface area (Å²) in [6.45, 7) is 3.57. The maximum atomic E-state index is 12.7. The summed E-state index contributed by atoms with van der Waals surface area (Å²) >= 11 is 3.33. The van der Waals surface area contributed by atoms with E-state index < -0.39 is 23.6 Å². The van der Waals surface area contributed by atoms with E-state index in [0.29, 0.717) is 12.0 Å². The lowest BCUT2D eigenvalue weighted by Crippen LogP contribution is -2.53. The minimum Gasteiger partial charge on any atom is -0.479 e. The fraction of sp³-hybridized carbons (Fsp3) is 0.375. The molecular formula is C16H18BrN3O4. The van der Waals surface area contributed by atoms with Crippen LogP contribution in [0.5, 0.6) is 0 Å². The molecule has 0 aliphatic carbocycles. The maximum Gasteiger partial charge on any atom is 0.346 e. The number of carbonyl (C=O) groups is 2. The summed E-state index contributed by atoms with van der Waals surface area (Å²) in [5, 5.41) is 17.3. The molecule has 2 atom stereocenters. The normalized spacial score (nSPS) is 14.6. The van der Waals surface area contributed by atoms with Crippen LogP contribution in [0.2, 0.25) is 0 Å². The van der Waals surface area contributed by atoms with Crippen LogP contribution in [-0.2, 0) is 26.3 Å². The first kappa shape index (κ1) is 18.1. The van der Waals surface area contributed by atoms with Gasteiger partial charge in [0.05, 0.1) is 12.3 Å². The average molecular weight is 396 g/mol. The first-order valence-corrected chi connectivity index (χ1v) is 8.25. The molecule has 1 aromatic carbocycles. The van der Waals surface area contributed by atoms with E-state index in [1.807, 2.05) is 6.92 Å². The minimum atomic E-state index is -2.01. The van der Waals surface area contributed by atoms with E-state index in [2.05, 4.69) is 26.2 Å². The molecule has 128 valence electrons. The molecule has 0 bridgehead atoms. The van der Waals surface area contributed by atoms with Gasteiger partial charge in [0.1, 0.15) is 0 Å². The molecule has 0 spiro atoms. The second kappa shape index (κ2) is 7.57. The summed E-state index contributed by atoms with van der Waals surface area (Å²) in [7, 11) is 0. The van der Waals surface area contributed by atoms with Crippen molar-refractivity contribution in [2.75, 3.05) is 0 Å². The van der Waals surface area contributed by atoms with Crippen molar-refractivity contribution in [3.05, 3.63) is 46.7 Å². The lowest BCUT2D eigenvalue weighted by molar-refractivity contribution is -0.171. The predicted molar refractivity (Wildman–Crippen MR) is 89.3 cm³/mol. The second-order valence-electron chi connectivity index (χ2n) is 5.44. The Hall–Kier alpha value is -2.22. The van der Waals surface area contributed by atoms with Gasteiger partial charge in [0.15, 0.2) is 0 Å². The van der Waals surface area contributed by atoms with Crippen molar-refractivity contribution in [3.63, 3.8) is 0 Å². The van der Waals surface area contributed by atoms with Gasteiger partial charge >= 0.3 is 11.9 Å². The van der Waals surface area contributed by atoms with Crippen LogP contribution in [0.4, 0.5) is 0 Å². The van der Waals surface area contributed by atoms with Crippen molar-refractivity contribution >= 4 is 27.9 Å². The number of esters is 1. The van der Waals surface area contributed by atoms with Crippen molar-refractivity contribution in [1.82, 2.24) is 15.0 Å². The molecule has 24 heavy (non-hydrogen) atoms. The third-order valence-electron chi connectivity index (χ3n) is 3.76. The summed E-state index contributed by atoms with van der Waals surface area (Å²) in [5.41, 5.74) is -1.34. The summed E-state index contributed by atoms with van der Waals surface area (Å²) in [4.78, 5) is 24.8. The summed E-state index contributed by atoms with van der Waals surface area (Å²) < 4.78 is 7.23. The number of aliphatic carboxylic acids is 1. The monoisotopic (exact) mass is 395 g/mol. The topological polar surface area (TPSA) is 94.3 Å². The molecule has 2 rings (SSSR count). The Morgan fingerprint density at radius 3 is 2.54 bits per heavy atom. The molecule has 0 aliphatic rings. The number of hydrogen-bond donors (Lipinski definition) is 1. The molecule has 0 saturated carbocycles. The highest BCUT2D eigenvalue weighted by Crippen LogP contribution is 2.26. The molecule has 7 nitrogen and oxygen atoms in total. The number of aromatic nitrogens is 3. The number of carboxylic acids is 1. The van der Waals surface area contributed by atoms with Crippen LogP contribution in [0.1, 0.15) is 25.8 Å².